The van der Waals surface area contributed by atoms with E-state index in [4.69, 9.17) is 5.11 Å². The van der Waals surface area contributed by atoms with Gasteiger partial charge in [-0.15, -0.1) is 22.7 Å². The average molecular weight is 283 g/mol. The van der Waals surface area contributed by atoms with E-state index in [0.717, 1.165) is 9.40 Å². The van der Waals surface area contributed by atoms with E-state index in [9.17, 15) is 9.59 Å². The first-order chi connectivity index (χ1) is 8.46. The van der Waals surface area contributed by atoms with Crippen molar-refractivity contribution in [3.8, 4) is 0 Å². The van der Waals surface area contributed by atoms with Gasteiger partial charge in [0.15, 0.2) is 0 Å². The fraction of sp³-hybridized carbons (Fsp3) is 0.333. The second-order valence-electron chi connectivity index (χ2n) is 4.20. The molecule has 0 aliphatic heterocycles. The van der Waals surface area contributed by atoms with Crippen LogP contribution in [0.3, 0.4) is 0 Å². The number of aliphatic carboxylic acids is 1. The van der Waals surface area contributed by atoms with Crippen molar-refractivity contribution in [1.82, 2.24) is 5.32 Å². The number of carboxylic acid groups (broad SMARTS) is 1. The number of carboxylic acids is 1. The van der Waals surface area contributed by atoms with Gasteiger partial charge in [-0.25, -0.2) is 4.79 Å². The summed E-state index contributed by atoms with van der Waals surface area (Å²) in [5.74, 6) is -1.34. The van der Waals surface area contributed by atoms with Crippen molar-refractivity contribution in [3.63, 3.8) is 0 Å². The van der Waals surface area contributed by atoms with Crippen LogP contribution in [-0.2, 0) is 4.79 Å². The Morgan fingerprint density at radius 1 is 1.44 bits per heavy atom. The van der Waals surface area contributed by atoms with Crippen LogP contribution in [0.15, 0.2) is 17.5 Å². The van der Waals surface area contributed by atoms with Gasteiger partial charge in [0, 0.05) is 9.40 Å². The van der Waals surface area contributed by atoms with Gasteiger partial charge in [0.25, 0.3) is 5.91 Å². The third-order valence-corrected chi connectivity index (χ3v) is 5.02. The maximum Gasteiger partial charge on any atom is 0.329 e. The van der Waals surface area contributed by atoms with Gasteiger partial charge in [0.1, 0.15) is 5.54 Å². The molecule has 0 aromatic carbocycles. The molecule has 4 nitrogen and oxygen atoms in total. The average Bonchev–Trinajstić information content (AvgIpc) is 2.88. The maximum absolute atomic E-state index is 12.0. The highest BCUT2D eigenvalue weighted by Gasteiger charge is 2.33. The van der Waals surface area contributed by atoms with Gasteiger partial charge in [-0.05, 0) is 30.9 Å². The third-order valence-electron chi connectivity index (χ3n) is 2.93. The Hall–Kier alpha value is -1.40. The molecule has 0 saturated heterocycles. The van der Waals surface area contributed by atoms with Gasteiger partial charge >= 0.3 is 5.97 Å². The number of carbonyl (C=O) groups is 2. The zero-order valence-electron chi connectivity index (χ0n) is 10.0. The molecule has 2 aromatic rings. The van der Waals surface area contributed by atoms with Crippen LogP contribution in [0.1, 0.15) is 29.9 Å². The molecule has 1 unspecified atom stereocenters. The molecule has 1 amide bonds. The maximum atomic E-state index is 12.0. The molecule has 0 spiro atoms. The monoisotopic (exact) mass is 283 g/mol. The Morgan fingerprint density at radius 3 is 2.72 bits per heavy atom. The number of fused-ring (bicyclic) bond motifs is 1. The van der Waals surface area contributed by atoms with E-state index in [0.29, 0.717) is 11.3 Å². The minimum Gasteiger partial charge on any atom is -0.480 e. The van der Waals surface area contributed by atoms with Gasteiger partial charge in [0.2, 0.25) is 0 Å². The Bertz CT molecular complexity index is 573. The molecule has 18 heavy (non-hydrogen) atoms. The van der Waals surface area contributed by atoms with Crippen LogP contribution in [-0.4, -0.2) is 22.5 Å². The number of nitrogens with one attached hydrogen (secondary N) is 1. The van der Waals surface area contributed by atoms with Crippen LogP contribution in [0, 0.1) is 0 Å². The summed E-state index contributed by atoms with van der Waals surface area (Å²) >= 11 is 2.95. The van der Waals surface area contributed by atoms with Crippen LogP contribution in [0.25, 0.3) is 9.40 Å². The van der Waals surface area contributed by atoms with Crippen molar-refractivity contribution in [2.75, 3.05) is 0 Å². The zero-order chi connectivity index (χ0) is 13.3. The molecule has 2 rings (SSSR count). The Kier molecular flexibility index (Phi) is 3.41. The Balaban J connectivity index is 2.22. The molecule has 0 aliphatic carbocycles. The summed E-state index contributed by atoms with van der Waals surface area (Å²) in [5, 5.41) is 13.7. The van der Waals surface area contributed by atoms with E-state index in [1.165, 1.54) is 18.3 Å². The molecule has 0 fully saturated rings. The van der Waals surface area contributed by atoms with Gasteiger partial charge in [0.05, 0.1) is 4.88 Å². The van der Waals surface area contributed by atoms with E-state index in [1.54, 1.807) is 24.3 Å². The lowest BCUT2D eigenvalue weighted by Crippen LogP contribution is -2.51. The van der Waals surface area contributed by atoms with Gasteiger partial charge < -0.3 is 10.4 Å². The predicted molar refractivity (Wildman–Crippen MR) is 73.5 cm³/mol. The molecule has 0 radical (unpaired) electrons. The minimum absolute atomic E-state index is 0.324. The molecule has 1 atom stereocenters. The minimum atomic E-state index is -1.21. The molecule has 2 heterocycles. The summed E-state index contributed by atoms with van der Waals surface area (Å²) in [6.07, 6.45) is 0.341. The molecule has 0 saturated carbocycles. The summed E-state index contributed by atoms with van der Waals surface area (Å²) in [5.41, 5.74) is -1.21. The first kappa shape index (κ1) is 13.0. The number of hydrogen-bond donors (Lipinski definition) is 2. The third kappa shape index (κ3) is 2.26. The Morgan fingerprint density at radius 2 is 2.17 bits per heavy atom. The summed E-state index contributed by atoms with van der Waals surface area (Å²) in [6, 6.07) is 3.76. The molecule has 96 valence electrons. The van der Waals surface area contributed by atoms with Gasteiger partial charge in [-0.1, -0.05) is 6.92 Å². The van der Waals surface area contributed by atoms with Crippen molar-refractivity contribution in [2.24, 2.45) is 0 Å². The van der Waals surface area contributed by atoms with Gasteiger partial charge in [-0.3, -0.25) is 4.79 Å². The summed E-state index contributed by atoms with van der Waals surface area (Å²) in [6.45, 7) is 3.25. The van der Waals surface area contributed by atoms with E-state index >= 15 is 0 Å². The number of thiophene rings is 2. The van der Waals surface area contributed by atoms with Crippen molar-refractivity contribution in [2.45, 2.75) is 25.8 Å². The largest absolute Gasteiger partial charge is 0.480 e. The normalized spacial score (nSPS) is 14.3. The van der Waals surface area contributed by atoms with Crippen molar-refractivity contribution in [1.29, 1.82) is 0 Å². The number of amides is 1. The number of carbonyl (C=O) groups excluding carboxylic acids is 1. The molecule has 0 bridgehead atoms. The van der Waals surface area contributed by atoms with Gasteiger partial charge in [-0.2, -0.15) is 0 Å². The van der Waals surface area contributed by atoms with Crippen molar-refractivity contribution in [3.05, 3.63) is 22.4 Å². The topological polar surface area (TPSA) is 66.4 Å². The number of hydrogen-bond acceptors (Lipinski definition) is 4. The molecule has 2 aromatic heterocycles. The summed E-state index contributed by atoms with van der Waals surface area (Å²) in [7, 11) is 0. The molecule has 2 N–H and O–H groups in total. The van der Waals surface area contributed by atoms with Crippen LogP contribution in [0.2, 0.25) is 0 Å². The van der Waals surface area contributed by atoms with E-state index in [-0.39, 0.29) is 5.91 Å². The number of rotatable bonds is 4. The smallest absolute Gasteiger partial charge is 0.329 e. The van der Waals surface area contributed by atoms with Crippen molar-refractivity contribution < 1.29 is 14.7 Å². The van der Waals surface area contributed by atoms with Crippen molar-refractivity contribution >= 4 is 43.9 Å². The fourth-order valence-corrected chi connectivity index (χ4v) is 3.49. The fourth-order valence-electron chi connectivity index (χ4n) is 1.48. The van der Waals surface area contributed by atoms with Crippen LogP contribution in [0.5, 0.6) is 0 Å². The molecular weight excluding hydrogens is 270 g/mol. The van der Waals surface area contributed by atoms with Crippen LogP contribution < -0.4 is 5.32 Å². The highest BCUT2D eigenvalue weighted by Crippen LogP contribution is 2.30. The summed E-state index contributed by atoms with van der Waals surface area (Å²) in [4.78, 5) is 23.7. The molecule has 0 aliphatic rings. The first-order valence-electron chi connectivity index (χ1n) is 5.49. The highest BCUT2D eigenvalue weighted by molar-refractivity contribution is 7.27. The highest BCUT2D eigenvalue weighted by atomic mass is 32.1. The predicted octanol–water partition coefficient (Wildman–Crippen LogP) is 2.95. The summed E-state index contributed by atoms with van der Waals surface area (Å²) < 4.78 is 2.11. The zero-order valence-corrected chi connectivity index (χ0v) is 11.7. The standard InChI is InChI=1S/C12H13NO3S2/c1-3-12(2,11(15)16)13-10(14)9-6-8-7(18-9)4-5-17-8/h4-6H,3H2,1-2H3,(H,13,14)(H,15,16). The Labute approximate surface area is 112 Å². The molecule has 6 heteroatoms. The van der Waals surface area contributed by atoms with Crippen LogP contribution in [0.4, 0.5) is 0 Å². The van der Waals surface area contributed by atoms with E-state index in [2.05, 4.69) is 5.32 Å². The lowest BCUT2D eigenvalue weighted by molar-refractivity contribution is -0.143. The van der Waals surface area contributed by atoms with E-state index in [1.807, 2.05) is 11.4 Å². The van der Waals surface area contributed by atoms with E-state index < -0.39 is 11.5 Å². The van der Waals surface area contributed by atoms with Crippen LogP contribution >= 0.6 is 22.7 Å². The lowest BCUT2D eigenvalue weighted by Gasteiger charge is -2.24. The lowest BCUT2D eigenvalue weighted by atomic mass is 9.99. The molecular formula is C12H13NO3S2. The SMILES string of the molecule is CCC(C)(NC(=O)c1cc2sccc2s1)C(=O)O. The quantitative estimate of drug-likeness (QED) is 0.906. The first-order valence-corrected chi connectivity index (χ1v) is 7.19. The second-order valence-corrected chi connectivity index (χ2v) is 6.24. The second kappa shape index (κ2) is 4.70.